The molecule has 0 aliphatic heterocycles. The van der Waals surface area contributed by atoms with Gasteiger partial charge in [-0.1, -0.05) is 29.3 Å². The molecule has 0 spiro atoms. The number of halogens is 3. The lowest BCUT2D eigenvalue weighted by molar-refractivity contribution is -0.129. The molecule has 2 rings (SSSR count). The van der Waals surface area contributed by atoms with E-state index in [-0.39, 0.29) is 11.3 Å². The predicted octanol–water partition coefficient (Wildman–Crippen LogP) is 4.56. The van der Waals surface area contributed by atoms with Crippen molar-refractivity contribution in [1.29, 1.82) is 0 Å². The molecule has 8 heteroatoms. The molecule has 0 fully saturated rings. The Morgan fingerprint density at radius 1 is 1.11 bits per heavy atom. The molecule has 0 saturated heterocycles. The van der Waals surface area contributed by atoms with E-state index in [1.54, 1.807) is 25.1 Å². The molecule has 0 aliphatic rings. The lowest BCUT2D eigenvalue weighted by atomic mass is 10.1. The van der Waals surface area contributed by atoms with Crippen LogP contribution in [-0.2, 0) is 9.53 Å². The lowest BCUT2D eigenvalue weighted by Gasteiger charge is -2.19. The van der Waals surface area contributed by atoms with Crippen molar-refractivity contribution in [2.24, 2.45) is 0 Å². The molecule has 0 bridgehead atoms. The monoisotopic (exact) mass is 413 g/mol. The van der Waals surface area contributed by atoms with E-state index < -0.39 is 29.8 Å². The van der Waals surface area contributed by atoms with Crippen LogP contribution in [0.3, 0.4) is 0 Å². The van der Waals surface area contributed by atoms with Crippen molar-refractivity contribution < 1.29 is 23.5 Å². The number of rotatable bonds is 6. The van der Waals surface area contributed by atoms with Crippen LogP contribution >= 0.6 is 23.2 Å². The zero-order chi connectivity index (χ0) is 20.1. The molecular formula is C19H18Cl2FNO4. The fraction of sp³-hybridized carbons (Fsp3) is 0.263. The maximum Gasteiger partial charge on any atom is 0.341 e. The molecule has 1 amide bonds. The second kappa shape index (κ2) is 9.06. The molecule has 0 aromatic heterocycles. The molecule has 1 N–H and O–H groups in total. The van der Waals surface area contributed by atoms with Gasteiger partial charge in [-0.15, -0.1) is 0 Å². The molecule has 0 heterocycles. The first kappa shape index (κ1) is 21.0. The number of carbonyl (C=O) groups is 2. The van der Waals surface area contributed by atoms with Crippen molar-refractivity contribution in [2.75, 3.05) is 7.11 Å². The fourth-order valence-corrected chi connectivity index (χ4v) is 2.90. The third-order valence-corrected chi connectivity index (χ3v) is 4.40. The molecule has 144 valence electrons. The highest BCUT2D eigenvalue weighted by Gasteiger charge is 2.23. The standard InChI is InChI=1S/C19H18Cl2FNO4/c1-10(14-6-4-12(20)8-16(14)21)23-18(24)11(2)27-19(25)15-7-5-13(26-3)9-17(15)22/h4-11H,1-3H3,(H,23,24)/t10-,11+/m1/s1. The predicted molar refractivity (Wildman–Crippen MR) is 101 cm³/mol. The van der Waals surface area contributed by atoms with Crippen molar-refractivity contribution in [3.8, 4) is 5.75 Å². The molecule has 0 unspecified atom stereocenters. The summed E-state index contributed by atoms with van der Waals surface area (Å²) in [5.41, 5.74) is 0.374. The van der Waals surface area contributed by atoms with Gasteiger partial charge < -0.3 is 14.8 Å². The van der Waals surface area contributed by atoms with Gasteiger partial charge in [-0.05, 0) is 43.7 Å². The van der Waals surface area contributed by atoms with E-state index in [1.165, 1.54) is 26.2 Å². The first-order valence-electron chi connectivity index (χ1n) is 8.02. The molecular weight excluding hydrogens is 396 g/mol. The number of nitrogens with one attached hydrogen (secondary N) is 1. The van der Waals surface area contributed by atoms with Crippen LogP contribution in [0, 0.1) is 5.82 Å². The average Bonchev–Trinajstić information content (AvgIpc) is 2.60. The normalized spacial score (nSPS) is 12.8. The summed E-state index contributed by atoms with van der Waals surface area (Å²) in [5, 5.41) is 3.57. The van der Waals surface area contributed by atoms with Gasteiger partial charge in [0.05, 0.1) is 18.7 Å². The number of esters is 1. The van der Waals surface area contributed by atoms with E-state index in [0.29, 0.717) is 15.6 Å². The number of methoxy groups -OCH3 is 1. The number of carbonyl (C=O) groups excluding carboxylic acids is 2. The smallest absolute Gasteiger partial charge is 0.341 e. The van der Waals surface area contributed by atoms with E-state index >= 15 is 0 Å². The minimum absolute atomic E-state index is 0.267. The zero-order valence-electron chi connectivity index (χ0n) is 14.9. The summed E-state index contributed by atoms with van der Waals surface area (Å²) in [5.74, 6) is -2.03. The fourth-order valence-electron chi connectivity index (χ4n) is 2.33. The number of ether oxygens (including phenoxy) is 2. The third-order valence-electron chi connectivity index (χ3n) is 3.84. The van der Waals surface area contributed by atoms with Crippen molar-refractivity contribution in [1.82, 2.24) is 5.32 Å². The highest BCUT2D eigenvalue weighted by atomic mass is 35.5. The second-order valence-corrected chi connectivity index (χ2v) is 6.63. The summed E-state index contributed by atoms with van der Waals surface area (Å²) in [6.07, 6.45) is -1.13. The van der Waals surface area contributed by atoms with E-state index in [0.717, 1.165) is 6.07 Å². The van der Waals surface area contributed by atoms with Crippen LogP contribution in [0.15, 0.2) is 36.4 Å². The summed E-state index contributed by atoms with van der Waals surface area (Å²) in [6, 6.07) is 8.19. The molecule has 2 aromatic carbocycles. The number of hydrogen-bond donors (Lipinski definition) is 1. The largest absolute Gasteiger partial charge is 0.497 e. The van der Waals surface area contributed by atoms with E-state index in [9.17, 15) is 14.0 Å². The Hall–Kier alpha value is -2.31. The van der Waals surface area contributed by atoms with Crippen LogP contribution < -0.4 is 10.1 Å². The van der Waals surface area contributed by atoms with Crippen molar-refractivity contribution in [3.05, 3.63) is 63.4 Å². The summed E-state index contributed by atoms with van der Waals surface area (Å²) in [4.78, 5) is 24.4. The zero-order valence-corrected chi connectivity index (χ0v) is 16.4. The van der Waals surface area contributed by atoms with E-state index in [4.69, 9.17) is 32.7 Å². The second-order valence-electron chi connectivity index (χ2n) is 5.79. The Kier molecular flexibility index (Phi) is 7.05. The Labute approximate surface area is 166 Å². The average molecular weight is 414 g/mol. The van der Waals surface area contributed by atoms with Crippen LogP contribution in [0.2, 0.25) is 10.0 Å². The summed E-state index contributed by atoms with van der Waals surface area (Å²) in [7, 11) is 1.38. The molecule has 0 aliphatic carbocycles. The summed E-state index contributed by atoms with van der Waals surface area (Å²) >= 11 is 12.0. The quantitative estimate of drug-likeness (QED) is 0.704. The van der Waals surface area contributed by atoms with Gasteiger partial charge in [0, 0.05) is 16.1 Å². The van der Waals surface area contributed by atoms with Gasteiger partial charge in [0.25, 0.3) is 5.91 Å². The Morgan fingerprint density at radius 3 is 2.41 bits per heavy atom. The topological polar surface area (TPSA) is 64.6 Å². The molecule has 0 saturated carbocycles. The van der Waals surface area contributed by atoms with Gasteiger partial charge in [-0.2, -0.15) is 0 Å². The highest BCUT2D eigenvalue weighted by Crippen LogP contribution is 2.26. The summed E-state index contributed by atoms with van der Waals surface area (Å²) < 4.78 is 23.9. The molecule has 0 radical (unpaired) electrons. The summed E-state index contributed by atoms with van der Waals surface area (Å²) in [6.45, 7) is 3.12. The number of hydrogen-bond acceptors (Lipinski definition) is 4. The minimum Gasteiger partial charge on any atom is -0.497 e. The van der Waals surface area contributed by atoms with Crippen molar-refractivity contribution in [3.63, 3.8) is 0 Å². The third kappa shape index (κ3) is 5.34. The van der Waals surface area contributed by atoms with Crippen LogP contribution in [0.5, 0.6) is 5.75 Å². The van der Waals surface area contributed by atoms with Gasteiger partial charge >= 0.3 is 5.97 Å². The van der Waals surface area contributed by atoms with Crippen molar-refractivity contribution >= 4 is 35.1 Å². The Bertz CT molecular complexity index is 860. The molecule has 5 nitrogen and oxygen atoms in total. The first-order valence-corrected chi connectivity index (χ1v) is 8.78. The van der Waals surface area contributed by atoms with Crippen LogP contribution in [0.4, 0.5) is 4.39 Å². The van der Waals surface area contributed by atoms with Crippen LogP contribution in [0.1, 0.15) is 35.8 Å². The van der Waals surface area contributed by atoms with Crippen LogP contribution in [0.25, 0.3) is 0 Å². The Morgan fingerprint density at radius 2 is 1.81 bits per heavy atom. The van der Waals surface area contributed by atoms with Gasteiger partial charge in [0.15, 0.2) is 6.10 Å². The maximum atomic E-state index is 13.9. The SMILES string of the molecule is COc1ccc(C(=O)O[C@@H](C)C(=O)N[C@H](C)c2ccc(Cl)cc2Cl)c(F)c1. The maximum absolute atomic E-state index is 13.9. The number of amides is 1. The molecule has 27 heavy (non-hydrogen) atoms. The number of benzene rings is 2. The van der Waals surface area contributed by atoms with E-state index in [1.807, 2.05) is 0 Å². The van der Waals surface area contributed by atoms with Crippen molar-refractivity contribution in [2.45, 2.75) is 26.0 Å². The van der Waals surface area contributed by atoms with Gasteiger partial charge in [0.2, 0.25) is 0 Å². The van der Waals surface area contributed by atoms with Gasteiger partial charge in [-0.25, -0.2) is 9.18 Å². The molecule has 2 aromatic rings. The lowest BCUT2D eigenvalue weighted by Crippen LogP contribution is -2.37. The van der Waals surface area contributed by atoms with Crippen LogP contribution in [-0.4, -0.2) is 25.1 Å². The minimum atomic E-state index is -1.13. The highest BCUT2D eigenvalue weighted by molar-refractivity contribution is 6.35. The van der Waals surface area contributed by atoms with Gasteiger partial charge in [0.1, 0.15) is 11.6 Å². The first-order chi connectivity index (χ1) is 12.7. The van der Waals surface area contributed by atoms with Gasteiger partial charge in [-0.3, -0.25) is 4.79 Å². The van der Waals surface area contributed by atoms with E-state index in [2.05, 4.69) is 5.32 Å². The Balaban J connectivity index is 2.01. The molecule has 2 atom stereocenters.